The molecule has 2 heterocycles. The molecular formula is C18H21N3O3S2. The number of ether oxygens (including phenoxy) is 1. The van der Waals surface area contributed by atoms with Crippen LogP contribution in [0.5, 0.6) is 0 Å². The zero-order chi connectivity index (χ0) is 18.6. The molecule has 1 atom stereocenters. The molecule has 6 nitrogen and oxygen atoms in total. The smallest absolute Gasteiger partial charge is 0.244 e. The van der Waals surface area contributed by atoms with Gasteiger partial charge in [-0.2, -0.15) is 5.10 Å². The second-order valence-corrected chi connectivity index (χ2v) is 8.61. The van der Waals surface area contributed by atoms with Crippen LogP contribution in [0.2, 0.25) is 0 Å². The number of sulfonamides is 1. The average molecular weight is 392 g/mol. The quantitative estimate of drug-likeness (QED) is 0.641. The monoisotopic (exact) mass is 391 g/mol. The van der Waals surface area contributed by atoms with Gasteiger partial charge in [0.25, 0.3) is 0 Å². The van der Waals surface area contributed by atoms with Gasteiger partial charge in [0.05, 0.1) is 18.0 Å². The standard InChI is InChI=1S/C18H21N3O3S2/c1-14(13-24-2)20-26(22,23)17-12-21(11-15-7-4-3-5-8-15)19-18(17)16-9-6-10-25-16/h3-10,12,14,20H,11,13H2,1-2H3. The molecular weight excluding hydrogens is 370 g/mol. The Balaban J connectivity index is 1.97. The van der Waals surface area contributed by atoms with E-state index in [4.69, 9.17) is 4.74 Å². The van der Waals surface area contributed by atoms with E-state index < -0.39 is 10.0 Å². The van der Waals surface area contributed by atoms with Gasteiger partial charge >= 0.3 is 0 Å². The number of nitrogens with zero attached hydrogens (tertiary/aromatic N) is 2. The van der Waals surface area contributed by atoms with E-state index in [9.17, 15) is 8.42 Å². The Morgan fingerprint density at radius 2 is 2.00 bits per heavy atom. The molecule has 1 unspecified atom stereocenters. The van der Waals surface area contributed by atoms with Crippen molar-refractivity contribution in [3.05, 3.63) is 59.6 Å². The Bertz CT molecular complexity index is 935. The fraction of sp³-hybridized carbons (Fsp3) is 0.278. The van der Waals surface area contributed by atoms with Crippen molar-refractivity contribution in [3.8, 4) is 10.6 Å². The van der Waals surface area contributed by atoms with E-state index in [2.05, 4.69) is 9.82 Å². The number of hydrogen-bond donors (Lipinski definition) is 1. The molecule has 0 radical (unpaired) electrons. The second-order valence-electron chi connectivity index (χ2n) is 5.98. The fourth-order valence-corrected chi connectivity index (χ4v) is 4.83. The van der Waals surface area contributed by atoms with Gasteiger partial charge < -0.3 is 4.74 Å². The van der Waals surface area contributed by atoms with Gasteiger partial charge in [0.15, 0.2) is 0 Å². The van der Waals surface area contributed by atoms with Crippen LogP contribution in [0.15, 0.2) is 58.9 Å². The third-order valence-electron chi connectivity index (χ3n) is 3.73. The van der Waals surface area contributed by atoms with Crippen molar-refractivity contribution in [3.63, 3.8) is 0 Å². The fourth-order valence-electron chi connectivity index (χ4n) is 2.65. The maximum atomic E-state index is 12.9. The van der Waals surface area contributed by atoms with Crippen LogP contribution in [-0.4, -0.2) is 38.0 Å². The summed E-state index contributed by atoms with van der Waals surface area (Å²) in [6, 6.07) is 13.2. The highest BCUT2D eigenvalue weighted by Gasteiger charge is 2.25. The van der Waals surface area contributed by atoms with E-state index in [-0.39, 0.29) is 10.9 Å². The summed E-state index contributed by atoms with van der Waals surface area (Å²) in [4.78, 5) is 0.996. The zero-order valence-electron chi connectivity index (χ0n) is 14.6. The molecule has 0 bridgehead atoms. The summed E-state index contributed by atoms with van der Waals surface area (Å²) in [5.41, 5.74) is 1.52. The molecule has 0 saturated carbocycles. The van der Waals surface area contributed by atoms with Crippen LogP contribution in [0.3, 0.4) is 0 Å². The minimum Gasteiger partial charge on any atom is -0.383 e. The van der Waals surface area contributed by atoms with Crippen LogP contribution < -0.4 is 4.72 Å². The molecule has 0 fully saturated rings. The average Bonchev–Trinajstić information content (AvgIpc) is 3.25. The molecule has 2 aromatic heterocycles. The van der Waals surface area contributed by atoms with Gasteiger partial charge in [0.1, 0.15) is 10.6 Å². The maximum Gasteiger partial charge on any atom is 0.244 e. The van der Waals surface area contributed by atoms with E-state index in [0.29, 0.717) is 18.8 Å². The van der Waals surface area contributed by atoms with Crippen LogP contribution in [0, 0.1) is 0 Å². The highest BCUT2D eigenvalue weighted by atomic mass is 32.2. The first-order valence-corrected chi connectivity index (χ1v) is 10.5. The topological polar surface area (TPSA) is 73.2 Å². The summed E-state index contributed by atoms with van der Waals surface area (Å²) in [6.45, 7) is 2.56. The van der Waals surface area contributed by atoms with Crippen LogP contribution >= 0.6 is 11.3 Å². The first-order chi connectivity index (χ1) is 12.5. The van der Waals surface area contributed by atoms with E-state index in [1.165, 1.54) is 11.3 Å². The number of aromatic nitrogens is 2. The van der Waals surface area contributed by atoms with Crippen molar-refractivity contribution in [2.45, 2.75) is 24.4 Å². The van der Waals surface area contributed by atoms with Gasteiger partial charge in [-0.15, -0.1) is 11.3 Å². The Morgan fingerprint density at radius 1 is 1.23 bits per heavy atom. The number of hydrogen-bond acceptors (Lipinski definition) is 5. The van der Waals surface area contributed by atoms with Crippen molar-refractivity contribution < 1.29 is 13.2 Å². The van der Waals surface area contributed by atoms with Gasteiger partial charge in [-0.3, -0.25) is 4.68 Å². The van der Waals surface area contributed by atoms with Crippen LogP contribution in [-0.2, 0) is 21.3 Å². The third kappa shape index (κ3) is 4.39. The second kappa shape index (κ2) is 8.13. The molecule has 0 aliphatic heterocycles. The van der Waals surface area contributed by atoms with Crippen LogP contribution in [0.25, 0.3) is 10.6 Å². The van der Waals surface area contributed by atoms with Crippen molar-refractivity contribution in [2.24, 2.45) is 0 Å². The molecule has 0 aliphatic carbocycles. The van der Waals surface area contributed by atoms with Crippen LogP contribution in [0.4, 0.5) is 0 Å². The van der Waals surface area contributed by atoms with Gasteiger partial charge in [0.2, 0.25) is 10.0 Å². The first kappa shape index (κ1) is 18.8. The molecule has 8 heteroatoms. The van der Waals surface area contributed by atoms with Crippen LogP contribution in [0.1, 0.15) is 12.5 Å². The zero-order valence-corrected chi connectivity index (χ0v) is 16.3. The van der Waals surface area contributed by atoms with Gasteiger partial charge in [-0.05, 0) is 23.9 Å². The summed E-state index contributed by atoms with van der Waals surface area (Å²) in [6.07, 6.45) is 1.59. The molecule has 138 valence electrons. The Hall–Kier alpha value is -2.00. The summed E-state index contributed by atoms with van der Waals surface area (Å²) < 4.78 is 35.1. The number of methoxy groups -OCH3 is 1. The lowest BCUT2D eigenvalue weighted by Crippen LogP contribution is -2.35. The maximum absolute atomic E-state index is 12.9. The van der Waals surface area contributed by atoms with Crippen molar-refractivity contribution >= 4 is 21.4 Å². The number of thiophene rings is 1. The van der Waals surface area contributed by atoms with Crippen molar-refractivity contribution in [2.75, 3.05) is 13.7 Å². The molecule has 26 heavy (non-hydrogen) atoms. The number of rotatable bonds is 8. The van der Waals surface area contributed by atoms with E-state index in [0.717, 1.165) is 10.4 Å². The summed E-state index contributed by atoms with van der Waals surface area (Å²) in [7, 11) is -2.18. The minimum absolute atomic E-state index is 0.179. The molecule has 1 N–H and O–H groups in total. The summed E-state index contributed by atoms with van der Waals surface area (Å²) >= 11 is 1.46. The Morgan fingerprint density at radius 3 is 2.65 bits per heavy atom. The van der Waals surface area contributed by atoms with Gasteiger partial charge in [-0.25, -0.2) is 13.1 Å². The lowest BCUT2D eigenvalue weighted by Gasteiger charge is -2.12. The normalized spacial score (nSPS) is 13.0. The van der Waals surface area contributed by atoms with Gasteiger partial charge in [0, 0.05) is 19.3 Å². The highest BCUT2D eigenvalue weighted by Crippen LogP contribution is 2.30. The van der Waals surface area contributed by atoms with E-state index >= 15 is 0 Å². The molecule has 0 saturated heterocycles. The molecule has 0 aliphatic rings. The minimum atomic E-state index is -3.72. The van der Waals surface area contributed by atoms with E-state index in [1.807, 2.05) is 47.8 Å². The molecule has 1 aromatic carbocycles. The van der Waals surface area contributed by atoms with Gasteiger partial charge in [-0.1, -0.05) is 36.4 Å². The largest absolute Gasteiger partial charge is 0.383 e. The molecule has 0 spiro atoms. The molecule has 3 rings (SSSR count). The summed E-state index contributed by atoms with van der Waals surface area (Å²) in [5.74, 6) is 0. The molecule has 0 amide bonds. The highest BCUT2D eigenvalue weighted by molar-refractivity contribution is 7.89. The predicted molar refractivity (Wildman–Crippen MR) is 103 cm³/mol. The lowest BCUT2D eigenvalue weighted by atomic mass is 10.2. The SMILES string of the molecule is COCC(C)NS(=O)(=O)c1cn(Cc2ccccc2)nc1-c1cccs1. The van der Waals surface area contributed by atoms with E-state index in [1.54, 1.807) is 24.9 Å². The number of benzene rings is 1. The Labute approximate surface area is 157 Å². The summed E-state index contributed by atoms with van der Waals surface area (Å²) in [5, 5.41) is 6.45. The number of nitrogens with one attached hydrogen (secondary N) is 1. The molecule has 3 aromatic rings. The Kier molecular flexibility index (Phi) is 5.87. The third-order valence-corrected chi connectivity index (χ3v) is 6.20. The first-order valence-electron chi connectivity index (χ1n) is 8.16. The van der Waals surface area contributed by atoms with Crippen molar-refractivity contribution in [1.82, 2.24) is 14.5 Å². The predicted octanol–water partition coefficient (Wildman–Crippen LogP) is 2.97. The lowest BCUT2D eigenvalue weighted by molar-refractivity contribution is 0.180. The van der Waals surface area contributed by atoms with Crippen molar-refractivity contribution in [1.29, 1.82) is 0 Å².